The van der Waals surface area contributed by atoms with Gasteiger partial charge in [-0.05, 0) is 25.3 Å². The van der Waals surface area contributed by atoms with Crippen LogP contribution < -0.4 is 0 Å². The smallest absolute Gasteiger partial charge is 0.0840 e. The molecule has 0 bridgehead atoms. The molecule has 0 amide bonds. The molecule has 1 aromatic heterocycles. The van der Waals surface area contributed by atoms with Gasteiger partial charge < -0.3 is 0 Å². The minimum absolute atomic E-state index is 1.13. The summed E-state index contributed by atoms with van der Waals surface area (Å²) in [6.07, 6.45) is 3.72. The number of benzene rings is 1. The van der Waals surface area contributed by atoms with E-state index in [1.165, 1.54) is 35.3 Å². The van der Waals surface area contributed by atoms with Crippen LogP contribution in [-0.2, 0) is 6.42 Å². The van der Waals surface area contributed by atoms with E-state index >= 15 is 0 Å². The Kier molecular flexibility index (Phi) is 3.73. The van der Waals surface area contributed by atoms with Crippen LogP contribution in [0.2, 0.25) is 0 Å². The van der Waals surface area contributed by atoms with E-state index in [1.807, 2.05) is 5.51 Å². The summed E-state index contributed by atoms with van der Waals surface area (Å²) in [5.74, 6) is 0. The fraction of sp³-hybridized carbons (Fsp3) is 0.357. The van der Waals surface area contributed by atoms with Crippen LogP contribution in [0.15, 0.2) is 29.8 Å². The summed E-state index contributed by atoms with van der Waals surface area (Å²) >= 11 is 1.71. The lowest BCUT2D eigenvalue weighted by Gasteiger charge is -2.02. The van der Waals surface area contributed by atoms with Crippen molar-refractivity contribution in [1.29, 1.82) is 0 Å². The van der Waals surface area contributed by atoms with Gasteiger partial charge in [0.2, 0.25) is 0 Å². The number of hydrogen-bond acceptors (Lipinski definition) is 2. The number of aryl methyl sites for hydroxylation is 2. The molecule has 16 heavy (non-hydrogen) atoms. The zero-order valence-electron chi connectivity index (χ0n) is 9.86. The molecule has 0 saturated heterocycles. The van der Waals surface area contributed by atoms with Gasteiger partial charge in [0.25, 0.3) is 0 Å². The fourth-order valence-corrected chi connectivity index (χ4v) is 2.39. The van der Waals surface area contributed by atoms with Crippen molar-refractivity contribution in [3.63, 3.8) is 0 Å². The first-order valence-corrected chi connectivity index (χ1v) is 6.68. The van der Waals surface area contributed by atoms with Crippen molar-refractivity contribution in [3.8, 4) is 11.3 Å². The second kappa shape index (κ2) is 5.26. The van der Waals surface area contributed by atoms with Gasteiger partial charge in [-0.15, -0.1) is 11.3 Å². The van der Waals surface area contributed by atoms with E-state index < -0.39 is 0 Å². The number of thiazole rings is 1. The molecule has 0 unspecified atom stereocenters. The zero-order valence-corrected chi connectivity index (χ0v) is 10.7. The number of nitrogens with zero attached hydrogens (tertiary/aromatic N) is 1. The Labute approximate surface area is 101 Å². The minimum atomic E-state index is 1.13. The van der Waals surface area contributed by atoms with Crippen molar-refractivity contribution in [2.45, 2.75) is 33.1 Å². The lowest BCUT2D eigenvalue weighted by Crippen LogP contribution is -1.85. The van der Waals surface area contributed by atoms with E-state index in [0.717, 1.165) is 5.69 Å². The third-order valence-corrected chi connectivity index (χ3v) is 3.55. The van der Waals surface area contributed by atoms with Gasteiger partial charge in [-0.25, -0.2) is 4.98 Å². The normalized spacial score (nSPS) is 10.6. The molecular weight excluding hydrogens is 214 g/mol. The van der Waals surface area contributed by atoms with Gasteiger partial charge in [0.05, 0.1) is 11.2 Å². The maximum Gasteiger partial charge on any atom is 0.0840 e. The Balaban J connectivity index is 2.16. The van der Waals surface area contributed by atoms with Crippen molar-refractivity contribution in [2.24, 2.45) is 0 Å². The molecule has 2 aromatic rings. The van der Waals surface area contributed by atoms with Gasteiger partial charge in [0.1, 0.15) is 0 Å². The van der Waals surface area contributed by atoms with Crippen LogP contribution in [0, 0.1) is 6.92 Å². The molecule has 0 saturated carbocycles. The van der Waals surface area contributed by atoms with Crippen molar-refractivity contribution < 1.29 is 0 Å². The van der Waals surface area contributed by atoms with Gasteiger partial charge in [-0.2, -0.15) is 0 Å². The molecule has 84 valence electrons. The number of rotatable bonds is 4. The fourth-order valence-electron chi connectivity index (χ4n) is 1.79. The van der Waals surface area contributed by atoms with Crippen LogP contribution in [0.1, 0.15) is 30.2 Å². The van der Waals surface area contributed by atoms with Crippen LogP contribution in [0.5, 0.6) is 0 Å². The van der Waals surface area contributed by atoms with Gasteiger partial charge in [-0.1, -0.05) is 37.6 Å². The third kappa shape index (κ3) is 2.50. The average Bonchev–Trinajstić information content (AvgIpc) is 2.74. The molecule has 2 heteroatoms. The van der Waals surface area contributed by atoms with E-state index in [9.17, 15) is 0 Å². The molecular formula is C14H17NS. The standard InChI is InChI=1S/C14H17NS/c1-3-4-5-12-6-8-13(9-7-12)14-11(2)16-10-15-14/h6-10H,3-5H2,1-2H3. The predicted octanol–water partition coefficient (Wildman–Crippen LogP) is 4.46. The van der Waals surface area contributed by atoms with Crippen LogP contribution in [0.25, 0.3) is 11.3 Å². The quantitative estimate of drug-likeness (QED) is 0.757. The van der Waals surface area contributed by atoms with Crippen LogP contribution in [-0.4, -0.2) is 4.98 Å². The van der Waals surface area contributed by atoms with Crippen molar-refractivity contribution in [3.05, 3.63) is 40.2 Å². The first-order valence-electron chi connectivity index (χ1n) is 5.80. The van der Waals surface area contributed by atoms with E-state index in [4.69, 9.17) is 0 Å². The maximum atomic E-state index is 4.40. The van der Waals surface area contributed by atoms with E-state index in [0.29, 0.717) is 0 Å². The number of hydrogen-bond donors (Lipinski definition) is 0. The highest BCUT2D eigenvalue weighted by atomic mass is 32.1. The molecule has 0 spiro atoms. The number of unbranched alkanes of at least 4 members (excludes halogenated alkanes) is 1. The Bertz CT molecular complexity index is 442. The van der Waals surface area contributed by atoms with Crippen LogP contribution >= 0.6 is 11.3 Å². The molecule has 0 aliphatic rings. The monoisotopic (exact) mass is 231 g/mol. The average molecular weight is 231 g/mol. The summed E-state index contributed by atoms with van der Waals surface area (Å²) in [6.45, 7) is 4.35. The Hall–Kier alpha value is -1.15. The van der Waals surface area contributed by atoms with Gasteiger partial charge in [-0.3, -0.25) is 0 Å². The summed E-state index contributed by atoms with van der Waals surface area (Å²) in [4.78, 5) is 5.69. The molecule has 0 aliphatic heterocycles. The van der Waals surface area contributed by atoms with E-state index in [2.05, 4.69) is 43.1 Å². The second-order valence-electron chi connectivity index (χ2n) is 4.06. The maximum absolute atomic E-state index is 4.40. The highest BCUT2D eigenvalue weighted by Crippen LogP contribution is 2.24. The Morgan fingerprint density at radius 2 is 1.94 bits per heavy atom. The molecule has 0 radical (unpaired) electrons. The first kappa shape index (κ1) is 11.3. The van der Waals surface area contributed by atoms with Crippen LogP contribution in [0.4, 0.5) is 0 Å². The molecule has 1 heterocycles. The van der Waals surface area contributed by atoms with E-state index in [-0.39, 0.29) is 0 Å². The highest BCUT2D eigenvalue weighted by molar-refractivity contribution is 7.10. The highest BCUT2D eigenvalue weighted by Gasteiger charge is 2.04. The summed E-state index contributed by atoms with van der Waals surface area (Å²) in [6, 6.07) is 8.83. The van der Waals surface area contributed by atoms with Crippen molar-refractivity contribution in [2.75, 3.05) is 0 Å². The van der Waals surface area contributed by atoms with Gasteiger partial charge >= 0.3 is 0 Å². The third-order valence-electron chi connectivity index (χ3n) is 2.79. The van der Waals surface area contributed by atoms with Crippen molar-refractivity contribution >= 4 is 11.3 Å². The predicted molar refractivity (Wildman–Crippen MR) is 70.9 cm³/mol. The lowest BCUT2D eigenvalue weighted by atomic mass is 10.0. The van der Waals surface area contributed by atoms with Crippen LogP contribution in [0.3, 0.4) is 0 Å². The Morgan fingerprint density at radius 3 is 2.50 bits per heavy atom. The molecule has 2 rings (SSSR count). The second-order valence-corrected chi connectivity index (χ2v) is 5.12. The molecule has 0 aliphatic carbocycles. The first-order chi connectivity index (χ1) is 7.81. The van der Waals surface area contributed by atoms with E-state index in [1.54, 1.807) is 11.3 Å². The molecule has 1 nitrogen and oxygen atoms in total. The van der Waals surface area contributed by atoms with Crippen molar-refractivity contribution in [1.82, 2.24) is 4.98 Å². The molecule has 0 atom stereocenters. The molecule has 0 N–H and O–H groups in total. The molecule has 0 fully saturated rings. The van der Waals surface area contributed by atoms with Gasteiger partial charge in [0.15, 0.2) is 0 Å². The SMILES string of the molecule is CCCCc1ccc(-c2ncsc2C)cc1. The van der Waals surface area contributed by atoms with Gasteiger partial charge in [0, 0.05) is 10.4 Å². The summed E-state index contributed by atoms with van der Waals surface area (Å²) < 4.78 is 0. The topological polar surface area (TPSA) is 12.9 Å². The summed E-state index contributed by atoms with van der Waals surface area (Å²) in [7, 11) is 0. The Morgan fingerprint density at radius 1 is 1.19 bits per heavy atom. The zero-order chi connectivity index (χ0) is 11.4. The minimum Gasteiger partial charge on any atom is -0.244 e. The lowest BCUT2D eigenvalue weighted by molar-refractivity contribution is 0.795. The summed E-state index contributed by atoms with van der Waals surface area (Å²) in [5, 5.41) is 0. The summed E-state index contributed by atoms with van der Waals surface area (Å²) in [5.41, 5.74) is 5.71. The largest absolute Gasteiger partial charge is 0.244 e. The molecule has 1 aromatic carbocycles. The number of aromatic nitrogens is 1.